The van der Waals surface area contributed by atoms with Crippen LogP contribution >= 0.6 is 0 Å². The normalized spacial score (nSPS) is 23.8. The lowest BCUT2D eigenvalue weighted by molar-refractivity contribution is -0.128. The van der Waals surface area contributed by atoms with Gasteiger partial charge in [0.2, 0.25) is 0 Å². The number of piperidine rings is 2. The van der Waals surface area contributed by atoms with Gasteiger partial charge in [-0.2, -0.15) is 0 Å². The van der Waals surface area contributed by atoms with Gasteiger partial charge in [0.15, 0.2) is 0 Å². The maximum Gasteiger partial charge on any atom is 0.252 e. The van der Waals surface area contributed by atoms with Crippen molar-refractivity contribution in [3.8, 4) is 0 Å². The van der Waals surface area contributed by atoms with E-state index in [-0.39, 0.29) is 0 Å². The molecule has 3 aromatic rings. The van der Waals surface area contributed by atoms with Crippen LogP contribution in [-0.4, -0.2) is 82.8 Å². The Hall–Kier alpha value is -3.01. The van der Waals surface area contributed by atoms with Gasteiger partial charge in [-0.25, -0.2) is 0 Å². The van der Waals surface area contributed by atoms with Crippen LogP contribution in [0.5, 0.6) is 0 Å². The summed E-state index contributed by atoms with van der Waals surface area (Å²) in [5.41, 5.74) is 8.24. The number of likely N-dealkylation sites (tertiary alicyclic amines) is 1. The summed E-state index contributed by atoms with van der Waals surface area (Å²) < 4.78 is 2.16. The number of carbonyl (C=O) groups is 2. The third-order valence-corrected chi connectivity index (χ3v) is 8.80. The first-order valence-electron chi connectivity index (χ1n) is 13.8. The molecular formula is C29H38N6O3. The number of primary amides is 1. The Morgan fingerprint density at radius 3 is 2.68 bits per heavy atom. The number of nitrogens with one attached hydrogen (secondary N) is 1. The minimum atomic E-state index is -0.694. The number of amides is 1. The van der Waals surface area contributed by atoms with Gasteiger partial charge in [0.25, 0.3) is 5.91 Å². The molecule has 1 atom stereocenters. The molecule has 1 unspecified atom stereocenters. The number of hydrogen-bond donors (Lipinski definition) is 3. The lowest BCUT2D eigenvalue weighted by Crippen LogP contribution is -2.54. The number of hydrogen-bond acceptors (Lipinski definition) is 7. The second-order valence-corrected chi connectivity index (χ2v) is 12.2. The third-order valence-electron chi connectivity index (χ3n) is 8.80. The number of pyridine rings is 1. The van der Waals surface area contributed by atoms with E-state index < -0.39 is 16.9 Å². The van der Waals surface area contributed by atoms with Gasteiger partial charge in [-0.15, -0.1) is 0 Å². The highest BCUT2D eigenvalue weighted by atomic mass is 16.3. The highest BCUT2D eigenvalue weighted by molar-refractivity contribution is 6.15. The van der Waals surface area contributed by atoms with Gasteiger partial charge in [-0.1, -0.05) is 12.1 Å². The molecule has 3 saturated heterocycles. The molecule has 0 bridgehead atoms. The number of ketones is 1. The Balaban J connectivity index is 1.43. The van der Waals surface area contributed by atoms with E-state index >= 15 is 0 Å². The quantitative estimate of drug-likeness (QED) is 0.474. The Morgan fingerprint density at radius 1 is 1.21 bits per heavy atom. The second kappa shape index (κ2) is 9.32. The number of nitrogens with two attached hydrogens (primary N) is 1. The molecule has 6 rings (SSSR count). The van der Waals surface area contributed by atoms with Gasteiger partial charge >= 0.3 is 0 Å². The standard InChI is InChI=1S/C29H38N6O3/c1-28(2,38)17-33-10-5-19(6-11-33)20-3-4-21-22-14-32-15-23(27(30)37)26(22)35(24(21)13-20)34-12-7-25(36)29(18-34)8-9-31-16-29/h3-4,13-15,19,31,38H,5-12,16-18H2,1-2H3,(H2,30,37). The Morgan fingerprint density at radius 2 is 2.00 bits per heavy atom. The van der Waals surface area contributed by atoms with Gasteiger partial charge in [0, 0.05) is 55.8 Å². The van der Waals surface area contributed by atoms with E-state index in [1.807, 2.05) is 20.0 Å². The molecule has 0 radical (unpaired) electrons. The van der Waals surface area contributed by atoms with Crippen LogP contribution in [0.25, 0.3) is 21.8 Å². The fourth-order valence-electron chi connectivity index (χ4n) is 6.95. The van der Waals surface area contributed by atoms with E-state index in [1.54, 1.807) is 6.20 Å². The summed E-state index contributed by atoms with van der Waals surface area (Å²) in [6.07, 6.45) is 6.75. The van der Waals surface area contributed by atoms with Gasteiger partial charge in [-0.05, 0) is 70.3 Å². The van der Waals surface area contributed by atoms with Crippen LogP contribution in [0, 0.1) is 5.41 Å². The molecule has 3 fully saturated rings. The fourth-order valence-corrected chi connectivity index (χ4v) is 6.95. The van der Waals surface area contributed by atoms with E-state index in [1.165, 1.54) is 5.56 Å². The maximum absolute atomic E-state index is 13.0. The molecule has 38 heavy (non-hydrogen) atoms. The number of carbonyl (C=O) groups excluding carboxylic acids is 2. The largest absolute Gasteiger partial charge is 0.389 e. The first-order valence-corrected chi connectivity index (χ1v) is 13.8. The van der Waals surface area contributed by atoms with Crippen molar-refractivity contribution in [1.29, 1.82) is 0 Å². The minimum Gasteiger partial charge on any atom is -0.389 e. The summed E-state index contributed by atoms with van der Waals surface area (Å²) in [6.45, 7) is 9.06. The van der Waals surface area contributed by atoms with E-state index in [2.05, 4.69) is 43.1 Å². The van der Waals surface area contributed by atoms with Crippen LogP contribution < -0.4 is 16.1 Å². The van der Waals surface area contributed by atoms with Crippen LogP contribution in [0.3, 0.4) is 0 Å². The van der Waals surface area contributed by atoms with Crippen LogP contribution in [-0.2, 0) is 4.79 Å². The van der Waals surface area contributed by atoms with Crippen molar-refractivity contribution >= 4 is 33.5 Å². The van der Waals surface area contributed by atoms with Crippen LogP contribution in [0.1, 0.15) is 61.4 Å². The number of Topliss-reactive ketones (excluding diaryl/α,β-unsaturated/α-hetero) is 1. The van der Waals surface area contributed by atoms with E-state index in [9.17, 15) is 14.7 Å². The number of rotatable bonds is 5. The SMILES string of the molecule is CC(C)(O)CN1CCC(c2ccc3c4cncc(C(N)=O)c4n(N4CCC(=O)C5(CCNC5)C4)c3c2)CC1. The molecule has 2 aromatic heterocycles. The number of aliphatic hydroxyl groups is 1. The minimum absolute atomic E-state index is 0.329. The van der Waals surface area contributed by atoms with Crippen LogP contribution in [0.15, 0.2) is 30.6 Å². The molecular weight excluding hydrogens is 480 g/mol. The zero-order valence-corrected chi connectivity index (χ0v) is 22.4. The molecule has 0 aliphatic carbocycles. The molecule has 202 valence electrons. The number of nitrogens with zero attached hydrogens (tertiary/aromatic N) is 4. The van der Waals surface area contributed by atoms with Crippen LogP contribution in [0.2, 0.25) is 0 Å². The summed E-state index contributed by atoms with van der Waals surface area (Å²) >= 11 is 0. The van der Waals surface area contributed by atoms with E-state index in [4.69, 9.17) is 5.73 Å². The summed E-state index contributed by atoms with van der Waals surface area (Å²) in [5, 5.41) is 17.8. The molecule has 0 saturated carbocycles. The van der Waals surface area contributed by atoms with Crippen molar-refractivity contribution < 1.29 is 14.7 Å². The smallest absolute Gasteiger partial charge is 0.252 e. The molecule has 5 heterocycles. The van der Waals surface area contributed by atoms with Gasteiger partial charge in [-0.3, -0.25) is 19.2 Å². The number of aromatic nitrogens is 2. The summed E-state index contributed by atoms with van der Waals surface area (Å²) in [4.78, 5) is 32.3. The van der Waals surface area contributed by atoms with Gasteiger partial charge in [0.1, 0.15) is 5.78 Å². The average Bonchev–Trinajstić information content (AvgIpc) is 3.48. The van der Waals surface area contributed by atoms with Crippen LogP contribution in [0.4, 0.5) is 0 Å². The summed E-state index contributed by atoms with van der Waals surface area (Å²) in [7, 11) is 0. The van der Waals surface area contributed by atoms with Gasteiger partial charge < -0.3 is 26.1 Å². The van der Waals surface area contributed by atoms with Crippen molar-refractivity contribution in [3.05, 3.63) is 41.7 Å². The van der Waals surface area contributed by atoms with Crippen molar-refractivity contribution in [3.63, 3.8) is 0 Å². The molecule has 3 aliphatic heterocycles. The molecule has 1 amide bonds. The van der Waals surface area contributed by atoms with E-state index in [0.717, 1.165) is 60.7 Å². The van der Waals surface area contributed by atoms with Crippen molar-refractivity contribution in [2.75, 3.05) is 50.8 Å². The predicted molar refractivity (Wildman–Crippen MR) is 148 cm³/mol. The monoisotopic (exact) mass is 518 g/mol. The first kappa shape index (κ1) is 25.3. The molecule has 1 spiro atoms. The predicted octanol–water partition coefficient (Wildman–Crippen LogP) is 2.13. The Bertz CT molecular complexity index is 1390. The zero-order chi connectivity index (χ0) is 26.7. The third kappa shape index (κ3) is 4.36. The second-order valence-electron chi connectivity index (χ2n) is 12.2. The highest BCUT2D eigenvalue weighted by Crippen LogP contribution is 2.38. The van der Waals surface area contributed by atoms with Crippen molar-refractivity contribution in [1.82, 2.24) is 19.9 Å². The highest BCUT2D eigenvalue weighted by Gasteiger charge is 2.45. The molecule has 3 aliphatic rings. The van der Waals surface area contributed by atoms with Crippen molar-refractivity contribution in [2.24, 2.45) is 11.1 Å². The van der Waals surface area contributed by atoms with Gasteiger partial charge in [0.05, 0.1) is 27.6 Å². The summed E-state index contributed by atoms with van der Waals surface area (Å²) in [5.74, 6) is 0.248. The van der Waals surface area contributed by atoms with E-state index in [0.29, 0.717) is 49.9 Å². The van der Waals surface area contributed by atoms with Crippen molar-refractivity contribution in [2.45, 2.75) is 51.0 Å². The zero-order valence-electron chi connectivity index (χ0n) is 22.4. The first-order chi connectivity index (χ1) is 18.2. The number of fused-ring (bicyclic) bond motifs is 3. The summed E-state index contributed by atoms with van der Waals surface area (Å²) in [6, 6.07) is 6.63. The topological polar surface area (TPSA) is 117 Å². The lowest BCUT2D eigenvalue weighted by atomic mass is 9.78. The number of benzene rings is 1. The molecule has 4 N–H and O–H groups in total. The lowest BCUT2D eigenvalue weighted by Gasteiger charge is -2.41. The molecule has 9 heteroatoms. The fraction of sp³-hybridized carbons (Fsp3) is 0.552. The molecule has 9 nitrogen and oxygen atoms in total. The number of β-amino-alcohol motifs (C(OH)–C–C–N with tert-alkyl or cyclic N) is 1. The Labute approximate surface area is 222 Å². The average molecular weight is 519 g/mol. The Kier molecular flexibility index (Phi) is 6.20. The molecule has 1 aromatic carbocycles. The maximum atomic E-state index is 13.0.